The van der Waals surface area contributed by atoms with Gasteiger partial charge in [0.2, 0.25) is 0 Å². The van der Waals surface area contributed by atoms with Crippen LogP contribution in [0, 0.1) is 0 Å². The van der Waals surface area contributed by atoms with E-state index in [1.807, 2.05) is 0 Å². The SMILES string of the molecule is O=S(=O)(O)c1ccc2c(c1)COOC2. The van der Waals surface area contributed by atoms with E-state index in [9.17, 15) is 8.42 Å². The first-order chi connectivity index (χ1) is 6.57. The van der Waals surface area contributed by atoms with Crippen molar-refractivity contribution in [3.63, 3.8) is 0 Å². The maximum atomic E-state index is 10.8. The molecule has 0 saturated heterocycles. The van der Waals surface area contributed by atoms with Crippen molar-refractivity contribution >= 4 is 10.1 Å². The molecule has 0 spiro atoms. The molecule has 0 saturated carbocycles. The van der Waals surface area contributed by atoms with Crippen LogP contribution < -0.4 is 0 Å². The minimum atomic E-state index is -4.13. The number of fused-ring (bicyclic) bond motifs is 1. The van der Waals surface area contributed by atoms with E-state index in [0.717, 1.165) is 5.56 Å². The van der Waals surface area contributed by atoms with Crippen LogP contribution in [0.1, 0.15) is 11.1 Å². The van der Waals surface area contributed by atoms with E-state index in [1.165, 1.54) is 12.1 Å². The Labute approximate surface area is 80.9 Å². The Morgan fingerprint density at radius 2 is 1.79 bits per heavy atom. The van der Waals surface area contributed by atoms with Gasteiger partial charge in [0.15, 0.2) is 0 Å². The second-order valence-electron chi connectivity index (χ2n) is 2.93. The maximum Gasteiger partial charge on any atom is 0.294 e. The molecular weight excluding hydrogens is 208 g/mol. The molecule has 0 fully saturated rings. The Kier molecular flexibility index (Phi) is 2.28. The normalized spacial score (nSPS) is 16.4. The van der Waals surface area contributed by atoms with Crippen molar-refractivity contribution in [2.24, 2.45) is 0 Å². The minimum absolute atomic E-state index is 0.123. The summed E-state index contributed by atoms with van der Waals surface area (Å²) in [5.41, 5.74) is 1.58. The van der Waals surface area contributed by atoms with E-state index in [-0.39, 0.29) is 11.5 Å². The highest BCUT2D eigenvalue weighted by atomic mass is 32.2. The van der Waals surface area contributed by atoms with Crippen molar-refractivity contribution in [1.82, 2.24) is 0 Å². The molecule has 1 aliphatic heterocycles. The summed E-state index contributed by atoms with van der Waals surface area (Å²) in [5.74, 6) is 0. The first-order valence-corrected chi connectivity index (χ1v) is 5.35. The van der Waals surface area contributed by atoms with E-state index >= 15 is 0 Å². The molecule has 0 bridgehead atoms. The molecule has 0 atom stereocenters. The average Bonchev–Trinajstić information content (AvgIpc) is 2.16. The van der Waals surface area contributed by atoms with Gasteiger partial charge >= 0.3 is 0 Å². The van der Waals surface area contributed by atoms with Gasteiger partial charge in [-0.3, -0.25) is 4.55 Å². The predicted octanol–water partition coefficient (Wildman–Crippen LogP) is 0.895. The molecule has 14 heavy (non-hydrogen) atoms. The summed E-state index contributed by atoms with van der Waals surface area (Å²) >= 11 is 0. The molecule has 0 aromatic heterocycles. The summed E-state index contributed by atoms with van der Waals surface area (Å²) in [5, 5.41) is 0. The lowest BCUT2D eigenvalue weighted by Gasteiger charge is -2.15. The molecular formula is C8H8O5S. The van der Waals surface area contributed by atoms with Gasteiger partial charge in [-0.15, -0.1) is 0 Å². The number of rotatable bonds is 1. The molecule has 0 aliphatic carbocycles. The van der Waals surface area contributed by atoms with E-state index in [4.69, 9.17) is 9.44 Å². The maximum absolute atomic E-state index is 10.8. The van der Waals surface area contributed by atoms with Crippen LogP contribution in [0.4, 0.5) is 0 Å². The van der Waals surface area contributed by atoms with Gasteiger partial charge in [0.1, 0.15) is 13.2 Å². The number of benzene rings is 1. The van der Waals surface area contributed by atoms with Crippen molar-refractivity contribution in [2.75, 3.05) is 0 Å². The van der Waals surface area contributed by atoms with Gasteiger partial charge in [-0.05, 0) is 23.3 Å². The molecule has 0 radical (unpaired) electrons. The summed E-state index contributed by atoms with van der Waals surface area (Å²) in [6, 6.07) is 4.32. The van der Waals surface area contributed by atoms with Crippen LogP contribution in [0.3, 0.4) is 0 Å². The largest absolute Gasteiger partial charge is 0.294 e. The average molecular weight is 216 g/mol. The van der Waals surface area contributed by atoms with Crippen LogP contribution in [0.5, 0.6) is 0 Å². The van der Waals surface area contributed by atoms with Crippen LogP contribution >= 0.6 is 0 Å². The first kappa shape index (κ1) is 9.60. The highest BCUT2D eigenvalue weighted by molar-refractivity contribution is 7.85. The molecule has 1 aromatic rings. The summed E-state index contributed by atoms with van der Waals surface area (Å²) in [6.07, 6.45) is 0. The minimum Gasteiger partial charge on any atom is -0.282 e. The summed E-state index contributed by atoms with van der Waals surface area (Å²) in [6.45, 7) is 0.486. The monoisotopic (exact) mass is 216 g/mol. The summed E-state index contributed by atoms with van der Waals surface area (Å²) in [7, 11) is -4.13. The summed E-state index contributed by atoms with van der Waals surface area (Å²) in [4.78, 5) is 9.27. The Morgan fingerprint density at radius 1 is 1.14 bits per heavy atom. The third-order valence-corrected chi connectivity index (χ3v) is 2.84. The fraction of sp³-hybridized carbons (Fsp3) is 0.250. The van der Waals surface area contributed by atoms with Crippen molar-refractivity contribution in [1.29, 1.82) is 0 Å². The van der Waals surface area contributed by atoms with E-state index < -0.39 is 10.1 Å². The lowest BCUT2D eigenvalue weighted by atomic mass is 10.1. The predicted molar refractivity (Wildman–Crippen MR) is 45.8 cm³/mol. The van der Waals surface area contributed by atoms with Gasteiger partial charge in [-0.2, -0.15) is 8.42 Å². The smallest absolute Gasteiger partial charge is 0.282 e. The van der Waals surface area contributed by atoms with Crippen LogP contribution in [-0.4, -0.2) is 13.0 Å². The fourth-order valence-corrected chi connectivity index (χ4v) is 1.78. The molecule has 76 valence electrons. The van der Waals surface area contributed by atoms with Gasteiger partial charge in [0.05, 0.1) is 4.90 Å². The van der Waals surface area contributed by atoms with Gasteiger partial charge in [0, 0.05) is 0 Å². The van der Waals surface area contributed by atoms with Gasteiger partial charge in [-0.25, -0.2) is 9.78 Å². The molecule has 0 unspecified atom stereocenters. The van der Waals surface area contributed by atoms with Gasteiger partial charge in [-0.1, -0.05) is 6.07 Å². The number of hydrogen-bond acceptors (Lipinski definition) is 4. The quantitative estimate of drug-likeness (QED) is 0.557. The third-order valence-electron chi connectivity index (χ3n) is 1.99. The molecule has 1 aliphatic rings. The lowest BCUT2D eigenvalue weighted by Crippen LogP contribution is -2.09. The van der Waals surface area contributed by atoms with Crippen molar-refractivity contribution in [3.8, 4) is 0 Å². The zero-order chi connectivity index (χ0) is 10.2. The fourth-order valence-electron chi connectivity index (χ4n) is 1.25. The Bertz CT molecular complexity index is 451. The molecule has 0 amide bonds. The molecule has 5 nitrogen and oxygen atoms in total. The Morgan fingerprint density at radius 3 is 2.43 bits per heavy atom. The second kappa shape index (κ2) is 3.32. The highest BCUT2D eigenvalue weighted by Gasteiger charge is 2.15. The standard InChI is InChI=1S/C8H8O5S/c9-14(10,11)8-2-1-6-4-12-13-5-7(6)3-8/h1-3H,4-5H2,(H,9,10,11). The Hall–Kier alpha value is -0.950. The van der Waals surface area contributed by atoms with Crippen molar-refractivity contribution in [3.05, 3.63) is 29.3 Å². The van der Waals surface area contributed by atoms with E-state index in [2.05, 4.69) is 4.89 Å². The van der Waals surface area contributed by atoms with Crippen LogP contribution in [0.15, 0.2) is 23.1 Å². The zero-order valence-corrected chi connectivity index (χ0v) is 7.95. The first-order valence-electron chi connectivity index (χ1n) is 3.91. The van der Waals surface area contributed by atoms with Crippen molar-refractivity contribution in [2.45, 2.75) is 18.1 Å². The highest BCUT2D eigenvalue weighted by Crippen LogP contribution is 2.21. The summed E-state index contributed by atoms with van der Waals surface area (Å²) < 4.78 is 30.4. The molecule has 1 N–H and O–H groups in total. The molecule has 1 heterocycles. The van der Waals surface area contributed by atoms with Crippen LogP contribution in [0.2, 0.25) is 0 Å². The molecule has 1 aromatic carbocycles. The van der Waals surface area contributed by atoms with Crippen LogP contribution in [0.25, 0.3) is 0 Å². The van der Waals surface area contributed by atoms with Crippen molar-refractivity contribution < 1.29 is 22.7 Å². The zero-order valence-electron chi connectivity index (χ0n) is 7.13. The molecule has 6 heteroatoms. The second-order valence-corrected chi connectivity index (χ2v) is 4.35. The molecule has 2 rings (SSSR count). The third kappa shape index (κ3) is 1.78. The van der Waals surface area contributed by atoms with Gasteiger partial charge in [0.25, 0.3) is 10.1 Å². The number of hydrogen-bond donors (Lipinski definition) is 1. The van der Waals surface area contributed by atoms with E-state index in [1.54, 1.807) is 6.07 Å². The Balaban J connectivity index is 2.49. The topological polar surface area (TPSA) is 72.8 Å². The lowest BCUT2D eigenvalue weighted by molar-refractivity contribution is -0.322. The van der Waals surface area contributed by atoms with Gasteiger partial charge < -0.3 is 0 Å². The van der Waals surface area contributed by atoms with E-state index in [0.29, 0.717) is 12.2 Å². The van der Waals surface area contributed by atoms with Crippen LogP contribution in [-0.2, 0) is 33.1 Å².